The summed E-state index contributed by atoms with van der Waals surface area (Å²) in [6.07, 6.45) is 1.65. The Bertz CT molecular complexity index is 818. The van der Waals surface area contributed by atoms with Crippen LogP contribution in [0.15, 0.2) is 43.9 Å². The van der Waals surface area contributed by atoms with Crippen LogP contribution in [0.25, 0.3) is 23.0 Å². The number of hydrogen-bond donors (Lipinski definition) is 1. The van der Waals surface area contributed by atoms with Crippen LogP contribution in [-0.4, -0.2) is 20.2 Å². The van der Waals surface area contributed by atoms with Gasteiger partial charge < -0.3 is 9.63 Å². The van der Waals surface area contributed by atoms with Crippen molar-refractivity contribution in [3.8, 4) is 28.7 Å². The summed E-state index contributed by atoms with van der Waals surface area (Å²) < 4.78 is 6.83. The predicted molar refractivity (Wildman–Crippen MR) is 84.8 cm³/mol. The largest absolute Gasteiger partial charge is 0.507 e. The van der Waals surface area contributed by atoms with Gasteiger partial charge in [0.1, 0.15) is 11.4 Å². The molecule has 0 radical (unpaired) electrons. The lowest BCUT2D eigenvalue weighted by Gasteiger charge is -2.01. The van der Waals surface area contributed by atoms with Crippen LogP contribution in [0.2, 0.25) is 0 Å². The Kier molecular flexibility index (Phi) is 3.77. The molecular weight excluding hydrogens is 402 g/mol. The maximum atomic E-state index is 10.1. The van der Waals surface area contributed by atoms with E-state index in [4.69, 9.17) is 4.52 Å². The number of para-hydroxylation sites is 1. The summed E-state index contributed by atoms with van der Waals surface area (Å²) >= 11 is 6.75. The van der Waals surface area contributed by atoms with Crippen molar-refractivity contribution in [1.82, 2.24) is 15.1 Å². The lowest BCUT2D eigenvalue weighted by atomic mass is 10.1. The van der Waals surface area contributed by atoms with Crippen molar-refractivity contribution in [1.29, 1.82) is 0 Å². The maximum Gasteiger partial charge on any atom is 0.262 e. The molecule has 0 fully saturated rings. The van der Waals surface area contributed by atoms with Gasteiger partial charge in [0.2, 0.25) is 5.82 Å². The van der Waals surface area contributed by atoms with Gasteiger partial charge in [0.25, 0.3) is 5.89 Å². The number of aryl methyl sites for hydroxylation is 1. The fraction of sp³-hybridized carbons (Fsp3) is 0.0714. The average molecular weight is 411 g/mol. The lowest BCUT2D eigenvalue weighted by Crippen LogP contribution is -1.88. The van der Waals surface area contributed by atoms with Gasteiger partial charge in [0, 0.05) is 15.1 Å². The Morgan fingerprint density at radius 3 is 2.81 bits per heavy atom. The van der Waals surface area contributed by atoms with Gasteiger partial charge in [0.15, 0.2) is 0 Å². The number of halogens is 2. The Hall–Kier alpha value is -1.73. The van der Waals surface area contributed by atoms with E-state index < -0.39 is 0 Å². The Balaban J connectivity index is 2.06. The summed E-state index contributed by atoms with van der Waals surface area (Å²) in [7, 11) is 0. The van der Waals surface area contributed by atoms with Crippen molar-refractivity contribution < 1.29 is 9.63 Å². The molecule has 7 heteroatoms. The van der Waals surface area contributed by atoms with E-state index in [1.807, 2.05) is 25.1 Å². The quantitative estimate of drug-likeness (QED) is 0.680. The van der Waals surface area contributed by atoms with Crippen LogP contribution >= 0.6 is 31.9 Å². The van der Waals surface area contributed by atoms with Crippen molar-refractivity contribution in [2.45, 2.75) is 6.92 Å². The zero-order valence-corrected chi connectivity index (χ0v) is 14.0. The first kappa shape index (κ1) is 14.2. The molecule has 0 bridgehead atoms. The zero-order chi connectivity index (χ0) is 15.0. The molecule has 5 nitrogen and oxygen atoms in total. The zero-order valence-electron chi connectivity index (χ0n) is 10.8. The normalized spacial score (nSPS) is 10.8. The van der Waals surface area contributed by atoms with Crippen LogP contribution in [0.3, 0.4) is 0 Å². The third-order valence-corrected chi connectivity index (χ3v) is 3.95. The molecular formula is C14H9Br2N3O2. The molecule has 0 aliphatic carbocycles. The number of nitrogens with zero attached hydrogens (tertiary/aromatic N) is 3. The van der Waals surface area contributed by atoms with Crippen molar-refractivity contribution >= 4 is 31.9 Å². The first-order valence-corrected chi connectivity index (χ1v) is 7.59. The van der Waals surface area contributed by atoms with E-state index in [1.54, 1.807) is 12.3 Å². The van der Waals surface area contributed by atoms with Gasteiger partial charge in [-0.05, 0) is 56.5 Å². The molecule has 0 unspecified atom stereocenters. The summed E-state index contributed by atoms with van der Waals surface area (Å²) in [5, 5.41) is 14.0. The van der Waals surface area contributed by atoms with Gasteiger partial charge >= 0.3 is 0 Å². The fourth-order valence-corrected chi connectivity index (χ4v) is 3.00. The Labute approximate surface area is 137 Å². The molecule has 0 spiro atoms. The van der Waals surface area contributed by atoms with Gasteiger partial charge in [-0.25, -0.2) is 0 Å². The molecule has 1 N–H and O–H groups in total. The molecule has 0 aliphatic rings. The first-order chi connectivity index (χ1) is 10.1. The maximum absolute atomic E-state index is 10.1. The minimum Gasteiger partial charge on any atom is -0.507 e. The second-order valence-corrected chi connectivity index (χ2v) is 6.15. The smallest absolute Gasteiger partial charge is 0.262 e. The minimum atomic E-state index is 0.135. The lowest BCUT2D eigenvalue weighted by molar-refractivity contribution is 0.425. The summed E-state index contributed by atoms with van der Waals surface area (Å²) in [4.78, 5) is 8.55. The van der Waals surface area contributed by atoms with Gasteiger partial charge in [-0.2, -0.15) is 4.98 Å². The van der Waals surface area contributed by atoms with E-state index in [9.17, 15) is 5.11 Å². The van der Waals surface area contributed by atoms with Crippen molar-refractivity contribution in [3.63, 3.8) is 0 Å². The number of phenols is 1. The number of pyridine rings is 1. The van der Waals surface area contributed by atoms with Gasteiger partial charge in [-0.15, -0.1) is 0 Å². The summed E-state index contributed by atoms with van der Waals surface area (Å²) in [5.41, 5.74) is 1.82. The number of phenolic OH excluding ortho intramolecular Hbond substituents is 1. The molecule has 2 aromatic heterocycles. The average Bonchev–Trinajstić information content (AvgIpc) is 2.91. The van der Waals surface area contributed by atoms with E-state index >= 15 is 0 Å². The molecule has 1 aromatic carbocycles. The molecule has 0 saturated carbocycles. The third kappa shape index (κ3) is 2.71. The molecule has 0 amide bonds. The molecule has 0 saturated heterocycles. The van der Waals surface area contributed by atoms with Gasteiger partial charge in [-0.1, -0.05) is 17.3 Å². The molecule has 3 rings (SSSR count). The van der Waals surface area contributed by atoms with E-state index in [2.05, 4.69) is 47.0 Å². The van der Waals surface area contributed by atoms with Crippen molar-refractivity contribution in [2.24, 2.45) is 0 Å². The highest BCUT2D eigenvalue weighted by molar-refractivity contribution is 9.11. The second-order valence-electron chi connectivity index (χ2n) is 4.38. The molecule has 2 heterocycles. The molecule has 0 atom stereocenters. The Morgan fingerprint density at radius 1 is 1.24 bits per heavy atom. The topological polar surface area (TPSA) is 72.0 Å². The number of hydrogen-bond acceptors (Lipinski definition) is 5. The van der Waals surface area contributed by atoms with E-state index in [1.165, 1.54) is 0 Å². The highest BCUT2D eigenvalue weighted by Gasteiger charge is 2.17. The Morgan fingerprint density at radius 2 is 2.05 bits per heavy atom. The van der Waals surface area contributed by atoms with Crippen molar-refractivity contribution in [2.75, 3.05) is 0 Å². The van der Waals surface area contributed by atoms with Crippen LogP contribution in [0.4, 0.5) is 0 Å². The third-order valence-electron chi connectivity index (χ3n) is 2.91. The SMILES string of the molecule is Cc1cccc(-c2nc(-c3ncc(Br)cc3Br)no2)c1O. The number of rotatable bonds is 2. The van der Waals surface area contributed by atoms with Crippen LogP contribution < -0.4 is 0 Å². The number of aromatic nitrogens is 3. The fourth-order valence-electron chi connectivity index (χ4n) is 1.84. The van der Waals surface area contributed by atoms with Crippen LogP contribution in [0.5, 0.6) is 5.75 Å². The summed E-state index contributed by atoms with van der Waals surface area (Å²) in [5.74, 6) is 0.739. The van der Waals surface area contributed by atoms with E-state index in [0.29, 0.717) is 17.1 Å². The monoisotopic (exact) mass is 409 g/mol. The molecule has 3 aromatic rings. The van der Waals surface area contributed by atoms with E-state index in [0.717, 1.165) is 14.5 Å². The van der Waals surface area contributed by atoms with Crippen LogP contribution in [-0.2, 0) is 0 Å². The molecule has 106 valence electrons. The molecule has 21 heavy (non-hydrogen) atoms. The highest BCUT2D eigenvalue weighted by Crippen LogP contribution is 2.33. The highest BCUT2D eigenvalue weighted by atomic mass is 79.9. The summed E-state index contributed by atoms with van der Waals surface area (Å²) in [6.45, 7) is 1.81. The standard InChI is InChI=1S/C14H9Br2N3O2/c1-7-3-2-4-9(12(7)20)14-18-13(19-21-14)11-10(16)5-8(15)6-17-11/h2-6,20H,1H3. The van der Waals surface area contributed by atoms with E-state index in [-0.39, 0.29) is 11.6 Å². The molecule has 0 aliphatic heterocycles. The predicted octanol–water partition coefficient (Wildman–Crippen LogP) is 4.34. The van der Waals surface area contributed by atoms with Gasteiger partial charge in [-0.3, -0.25) is 4.98 Å². The second kappa shape index (κ2) is 5.57. The van der Waals surface area contributed by atoms with Crippen molar-refractivity contribution in [3.05, 3.63) is 45.0 Å². The van der Waals surface area contributed by atoms with Crippen LogP contribution in [0.1, 0.15) is 5.56 Å². The van der Waals surface area contributed by atoms with Crippen LogP contribution in [0, 0.1) is 6.92 Å². The van der Waals surface area contributed by atoms with Gasteiger partial charge in [0.05, 0.1) is 5.56 Å². The number of benzene rings is 1. The number of aromatic hydroxyl groups is 1. The minimum absolute atomic E-state index is 0.135. The first-order valence-electron chi connectivity index (χ1n) is 6.00. The summed E-state index contributed by atoms with van der Waals surface area (Å²) in [6, 6.07) is 7.21.